The van der Waals surface area contributed by atoms with Gasteiger partial charge in [0, 0.05) is 38.2 Å². The second-order valence-corrected chi connectivity index (χ2v) is 3.30. The number of hydrogen-bond donors (Lipinski definition) is 1. The molecule has 0 bridgehead atoms. The van der Waals surface area contributed by atoms with E-state index in [1.807, 2.05) is 0 Å². The topological polar surface area (TPSA) is 54.4 Å². The van der Waals surface area contributed by atoms with Crippen molar-refractivity contribution in [3.63, 3.8) is 0 Å². The molecule has 0 aliphatic heterocycles. The van der Waals surface area contributed by atoms with Crippen LogP contribution in [0.15, 0.2) is 29.2 Å². The predicted octanol–water partition coefficient (Wildman–Crippen LogP) is 1.07. The van der Waals surface area contributed by atoms with Crippen LogP contribution in [0, 0.1) is 44.0 Å². The number of benzene rings is 1. The second kappa shape index (κ2) is 4.54. The first-order valence-electron chi connectivity index (χ1n) is 2.74. The summed E-state index contributed by atoms with van der Waals surface area (Å²) in [4.78, 5) is -0.694. The molecule has 0 atom stereocenters. The van der Waals surface area contributed by atoms with Crippen molar-refractivity contribution in [1.29, 1.82) is 0 Å². The van der Waals surface area contributed by atoms with Crippen molar-refractivity contribution < 1.29 is 55.5 Å². The Kier molecular flexibility index (Phi) is 4.66. The maximum absolute atomic E-state index is 12.5. The zero-order chi connectivity index (χ0) is 8.48. The van der Waals surface area contributed by atoms with Gasteiger partial charge in [-0.15, -0.1) is 0 Å². The molecule has 0 saturated carbocycles. The van der Waals surface area contributed by atoms with Crippen molar-refractivity contribution in [3.8, 4) is 0 Å². The normalized spacial score (nSPS) is 10.5. The minimum absolute atomic E-state index is 0. The molecule has 1 N–H and O–H groups in total. The molecule has 3 nitrogen and oxygen atoms in total. The third kappa shape index (κ3) is 3.00. The van der Waals surface area contributed by atoms with Gasteiger partial charge in [0.15, 0.2) is 0 Å². The van der Waals surface area contributed by atoms with E-state index in [1.54, 1.807) is 0 Å². The van der Waals surface area contributed by atoms with E-state index in [2.05, 4.69) is 0 Å². The summed E-state index contributed by atoms with van der Waals surface area (Å²) in [7, 11) is -4.41. The van der Waals surface area contributed by atoms with Gasteiger partial charge in [0.05, 0.1) is 0 Å². The summed E-state index contributed by atoms with van der Waals surface area (Å²) in [5, 5.41) is 0. The zero-order valence-electron chi connectivity index (χ0n) is 5.68. The van der Waals surface area contributed by atoms with Gasteiger partial charge in [0.2, 0.25) is 0 Å². The fourth-order valence-corrected chi connectivity index (χ4v) is 1.22. The Morgan fingerprint density at radius 3 is 2.08 bits per heavy atom. The van der Waals surface area contributed by atoms with Crippen molar-refractivity contribution in [1.82, 2.24) is 0 Å². The maximum atomic E-state index is 12.5. The third-order valence-corrected chi connectivity index (χ3v) is 2.00. The SMILES string of the molecule is O=S(=O)(O)c1ccccc1F.[Dy]. The Balaban J connectivity index is 0.00000121. The Morgan fingerprint density at radius 1 is 1.25 bits per heavy atom. The molecule has 0 spiro atoms. The van der Waals surface area contributed by atoms with E-state index in [0.717, 1.165) is 12.1 Å². The number of halogens is 1. The molecular weight excluding hydrogens is 334 g/mol. The van der Waals surface area contributed by atoms with E-state index < -0.39 is 20.8 Å². The summed E-state index contributed by atoms with van der Waals surface area (Å²) >= 11 is 0. The van der Waals surface area contributed by atoms with Gasteiger partial charge in [-0.3, -0.25) is 4.55 Å². The fourth-order valence-electron chi connectivity index (χ4n) is 0.654. The molecule has 0 amide bonds. The molecule has 0 saturated heterocycles. The molecule has 0 fully saturated rings. The van der Waals surface area contributed by atoms with Gasteiger partial charge >= 0.3 is 0 Å². The van der Waals surface area contributed by atoms with E-state index in [4.69, 9.17) is 4.55 Å². The first-order valence-corrected chi connectivity index (χ1v) is 4.18. The molecule has 1 aromatic carbocycles. The average Bonchev–Trinajstić information content (AvgIpc) is 1.86. The minimum Gasteiger partial charge on any atom is -0.282 e. The van der Waals surface area contributed by atoms with E-state index in [1.165, 1.54) is 12.1 Å². The van der Waals surface area contributed by atoms with Gasteiger partial charge in [0.1, 0.15) is 10.7 Å². The van der Waals surface area contributed by atoms with Gasteiger partial charge < -0.3 is 0 Å². The van der Waals surface area contributed by atoms with Crippen molar-refractivity contribution in [2.45, 2.75) is 4.90 Å². The predicted molar refractivity (Wildman–Crippen MR) is 36.2 cm³/mol. The Labute approximate surface area is 99.8 Å². The molecule has 0 aliphatic carbocycles. The van der Waals surface area contributed by atoms with E-state index >= 15 is 0 Å². The molecule has 0 radical (unpaired) electrons. The first kappa shape index (κ1) is 12.3. The molecule has 0 heterocycles. The van der Waals surface area contributed by atoms with Crippen LogP contribution in [0.2, 0.25) is 0 Å². The molecule has 6 heteroatoms. The van der Waals surface area contributed by atoms with E-state index in [9.17, 15) is 12.8 Å². The molecule has 0 aliphatic rings. The van der Waals surface area contributed by atoms with Crippen LogP contribution in [-0.2, 0) is 10.1 Å². The van der Waals surface area contributed by atoms with Crippen molar-refractivity contribution in [3.05, 3.63) is 30.1 Å². The molecule has 70 valence electrons. The average molecular weight is 339 g/mol. The van der Waals surface area contributed by atoms with Crippen LogP contribution in [0.4, 0.5) is 4.39 Å². The van der Waals surface area contributed by atoms with Gasteiger partial charge in [-0.05, 0) is 12.1 Å². The summed E-state index contributed by atoms with van der Waals surface area (Å²) in [6.45, 7) is 0. The van der Waals surface area contributed by atoms with E-state index in [0.29, 0.717) is 0 Å². The zero-order valence-corrected chi connectivity index (χ0v) is 8.52. The summed E-state index contributed by atoms with van der Waals surface area (Å²) in [5.74, 6) is -0.949. The smallest absolute Gasteiger partial charge is 0.282 e. The maximum Gasteiger partial charge on any atom is 0.297 e. The fraction of sp³-hybridized carbons (Fsp3) is 0. The van der Waals surface area contributed by atoms with Crippen molar-refractivity contribution in [2.75, 3.05) is 0 Å². The van der Waals surface area contributed by atoms with E-state index in [-0.39, 0.29) is 38.2 Å². The van der Waals surface area contributed by atoms with Gasteiger partial charge in [-0.25, -0.2) is 4.39 Å². The quantitative estimate of drug-likeness (QED) is 0.780. The summed E-state index contributed by atoms with van der Waals surface area (Å²) < 4.78 is 41.7. The van der Waals surface area contributed by atoms with Crippen LogP contribution in [0.3, 0.4) is 0 Å². The molecular formula is C6H5DyFO3S. The van der Waals surface area contributed by atoms with Crippen LogP contribution >= 0.6 is 0 Å². The summed E-state index contributed by atoms with van der Waals surface area (Å²) in [6.07, 6.45) is 0. The summed E-state index contributed by atoms with van der Waals surface area (Å²) in [6, 6.07) is 4.62. The van der Waals surface area contributed by atoms with Gasteiger partial charge in [-0.1, -0.05) is 12.1 Å². The van der Waals surface area contributed by atoms with Crippen LogP contribution in [0.1, 0.15) is 0 Å². The van der Waals surface area contributed by atoms with Gasteiger partial charge in [0.25, 0.3) is 10.1 Å². The Hall–Kier alpha value is 0.333. The molecule has 1 aromatic rings. The third-order valence-electron chi connectivity index (χ3n) is 1.11. The number of rotatable bonds is 1. The minimum atomic E-state index is -4.41. The molecule has 12 heavy (non-hydrogen) atoms. The molecule has 0 aromatic heterocycles. The van der Waals surface area contributed by atoms with Crippen LogP contribution in [-0.4, -0.2) is 13.0 Å². The van der Waals surface area contributed by atoms with Crippen molar-refractivity contribution >= 4 is 10.1 Å². The standard InChI is InChI=1S/C6H5FO3S.Dy/c7-5-3-1-2-4-6(5)11(8,9)10;/h1-4H,(H,8,9,10);. The van der Waals surface area contributed by atoms with Crippen LogP contribution < -0.4 is 0 Å². The Bertz CT molecular complexity index is 363. The second-order valence-electron chi connectivity index (χ2n) is 1.91. The number of hydrogen-bond acceptors (Lipinski definition) is 2. The largest absolute Gasteiger partial charge is 0.297 e. The van der Waals surface area contributed by atoms with Gasteiger partial charge in [-0.2, -0.15) is 8.42 Å². The monoisotopic (exact) mass is 340 g/mol. The molecule has 0 unspecified atom stereocenters. The van der Waals surface area contributed by atoms with Crippen LogP contribution in [0.25, 0.3) is 0 Å². The first-order chi connectivity index (χ1) is 5.02. The Morgan fingerprint density at radius 2 is 1.75 bits per heavy atom. The molecule has 1 rings (SSSR count). The van der Waals surface area contributed by atoms with Crippen LogP contribution in [0.5, 0.6) is 0 Å². The van der Waals surface area contributed by atoms with Crippen molar-refractivity contribution in [2.24, 2.45) is 0 Å². The summed E-state index contributed by atoms with van der Waals surface area (Å²) in [5.41, 5.74) is 0.